The lowest BCUT2D eigenvalue weighted by Crippen LogP contribution is -2.58. The zero-order valence-corrected chi connectivity index (χ0v) is 24.1. The maximum absolute atomic E-state index is 14.1. The number of amides is 3. The number of ether oxygens (including phenoxy) is 1. The highest BCUT2D eigenvalue weighted by Gasteiger charge is 2.72. The first-order valence-electron chi connectivity index (χ1n) is 14.5. The number of halogens is 1. The number of rotatable bonds is 9. The van der Waals surface area contributed by atoms with Crippen LogP contribution in [0.25, 0.3) is 0 Å². The molecule has 2 bridgehead atoms. The van der Waals surface area contributed by atoms with Gasteiger partial charge in [0.15, 0.2) is 0 Å². The summed E-state index contributed by atoms with van der Waals surface area (Å²) < 4.78 is 6.48. The summed E-state index contributed by atoms with van der Waals surface area (Å²) >= 11 is 6.12. The molecule has 5 rings (SSSR count). The Labute approximate surface area is 236 Å². The Morgan fingerprint density at radius 2 is 1.95 bits per heavy atom. The van der Waals surface area contributed by atoms with Crippen LogP contribution in [0.15, 0.2) is 36.4 Å². The van der Waals surface area contributed by atoms with Crippen LogP contribution < -0.4 is 10.6 Å². The summed E-state index contributed by atoms with van der Waals surface area (Å²) in [4.78, 5) is 45.7. The third-order valence-electron chi connectivity index (χ3n) is 9.60. The van der Waals surface area contributed by atoms with E-state index >= 15 is 0 Å². The molecule has 3 aliphatic heterocycles. The van der Waals surface area contributed by atoms with Crippen molar-refractivity contribution in [1.82, 2.24) is 15.1 Å². The van der Waals surface area contributed by atoms with Crippen molar-refractivity contribution in [3.8, 4) is 0 Å². The minimum Gasteiger partial charge on any atom is -0.359 e. The molecule has 39 heavy (non-hydrogen) atoms. The van der Waals surface area contributed by atoms with Crippen LogP contribution in [0.5, 0.6) is 0 Å². The van der Waals surface area contributed by atoms with Crippen molar-refractivity contribution >= 4 is 35.0 Å². The molecular formula is C30H41ClN4O4. The van der Waals surface area contributed by atoms with Gasteiger partial charge in [-0.25, -0.2) is 0 Å². The number of fused-ring (bicyclic) bond motifs is 1. The lowest BCUT2D eigenvalue weighted by molar-refractivity contribution is -0.141. The zero-order chi connectivity index (χ0) is 27.9. The van der Waals surface area contributed by atoms with E-state index in [1.165, 1.54) is 0 Å². The van der Waals surface area contributed by atoms with Gasteiger partial charge in [0.05, 0.1) is 17.9 Å². The normalized spacial score (nSPS) is 35.0. The third-order valence-corrected chi connectivity index (χ3v) is 9.84. The second-order valence-electron chi connectivity index (χ2n) is 11.6. The quantitative estimate of drug-likeness (QED) is 0.453. The molecule has 3 amide bonds. The molecule has 1 aliphatic carbocycles. The summed E-state index contributed by atoms with van der Waals surface area (Å²) in [6.07, 6.45) is 6.33. The Balaban J connectivity index is 1.43. The number of likely N-dealkylation sites (tertiary alicyclic amines) is 1. The first kappa shape index (κ1) is 28.1. The molecule has 1 aromatic carbocycles. The van der Waals surface area contributed by atoms with Crippen LogP contribution >= 0.6 is 11.6 Å². The van der Waals surface area contributed by atoms with E-state index in [-0.39, 0.29) is 23.8 Å². The SMILES string of the molecule is CCN(CC)CCN1C(=O)[C@@H]2[C@H](C(=O)Nc3cccc(Cl)c3)[C@@H]3C=C[C@@]2(O3)[C@@H]1C(=O)N[C@@H]1CCC[C@H](C)[C@H]1C. The van der Waals surface area contributed by atoms with Crippen LogP contribution in [0.1, 0.15) is 47.0 Å². The van der Waals surface area contributed by atoms with Gasteiger partial charge in [0, 0.05) is 29.8 Å². The van der Waals surface area contributed by atoms with E-state index in [9.17, 15) is 14.4 Å². The van der Waals surface area contributed by atoms with Crippen LogP contribution in [0.3, 0.4) is 0 Å². The highest BCUT2D eigenvalue weighted by molar-refractivity contribution is 6.30. The predicted octanol–water partition coefficient (Wildman–Crippen LogP) is 3.71. The molecule has 0 aromatic heterocycles. The van der Waals surface area contributed by atoms with E-state index in [1.54, 1.807) is 29.2 Å². The lowest BCUT2D eigenvalue weighted by Gasteiger charge is -2.38. The zero-order valence-electron chi connectivity index (χ0n) is 23.4. The maximum atomic E-state index is 14.1. The fourth-order valence-electron chi connectivity index (χ4n) is 7.14. The van der Waals surface area contributed by atoms with Gasteiger partial charge in [0.1, 0.15) is 11.6 Å². The number of nitrogens with zero attached hydrogens (tertiary/aromatic N) is 2. The van der Waals surface area contributed by atoms with Gasteiger partial charge in [-0.15, -0.1) is 0 Å². The van der Waals surface area contributed by atoms with Crippen LogP contribution in [0.2, 0.25) is 5.02 Å². The predicted molar refractivity (Wildman–Crippen MR) is 151 cm³/mol. The van der Waals surface area contributed by atoms with E-state index < -0.39 is 29.6 Å². The lowest BCUT2D eigenvalue weighted by atomic mass is 9.73. The average molecular weight is 557 g/mol. The Bertz CT molecular complexity index is 1140. The standard InChI is InChI=1S/C30H41ClN4O4/c1-5-34(6-2)15-16-35-26(28(37)33-22-12-7-9-18(3)19(22)4)30-14-13-23(39-30)24(25(30)29(35)38)27(36)32-21-11-8-10-20(31)17-21/h8,10-11,13-14,17-19,22-26H,5-7,9,12,15-16H2,1-4H3,(H,32,36)(H,33,37)/t18-,19+,22+,23-,24+,25-,26-,30-/m0/s1. The van der Waals surface area contributed by atoms with Crippen LogP contribution in [0.4, 0.5) is 5.69 Å². The number of likely N-dealkylation sites (N-methyl/N-ethyl adjacent to an activating group) is 1. The number of anilines is 1. The van der Waals surface area contributed by atoms with Gasteiger partial charge in [0.25, 0.3) is 0 Å². The van der Waals surface area contributed by atoms with Gasteiger partial charge in [-0.2, -0.15) is 0 Å². The molecular weight excluding hydrogens is 516 g/mol. The highest BCUT2D eigenvalue weighted by atomic mass is 35.5. The van der Waals surface area contributed by atoms with Gasteiger partial charge in [-0.1, -0.05) is 70.4 Å². The molecule has 8 nitrogen and oxygen atoms in total. The molecule has 8 atom stereocenters. The van der Waals surface area contributed by atoms with Gasteiger partial charge in [0.2, 0.25) is 17.7 Å². The minimum atomic E-state index is -1.16. The Kier molecular flexibility index (Phi) is 8.09. The van der Waals surface area contributed by atoms with Crippen molar-refractivity contribution in [2.24, 2.45) is 23.7 Å². The monoisotopic (exact) mass is 556 g/mol. The highest BCUT2D eigenvalue weighted by Crippen LogP contribution is 2.55. The van der Waals surface area contributed by atoms with E-state index in [1.807, 2.05) is 12.2 Å². The largest absolute Gasteiger partial charge is 0.359 e. The second kappa shape index (κ2) is 11.2. The number of hydrogen-bond donors (Lipinski definition) is 2. The van der Waals surface area contributed by atoms with Crippen LogP contribution in [0, 0.1) is 23.7 Å². The summed E-state index contributed by atoms with van der Waals surface area (Å²) in [6.45, 7) is 11.4. The van der Waals surface area contributed by atoms with Crippen molar-refractivity contribution in [2.75, 3.05) is 31.5 Å². The summed E-state index contributed by atoms with van der Waals surface area (Å²) in [7, 11) is 0. The summed E-state index contributed by atoms with van der Waals surface area (Å²) in [5, 5.41) is 6.75. The second-order valence-corrected chi connectivity index (χ2v) is 12.1. The van der Waals surface area contributed by atoms with Gasteiger partial charge in [-0.05, 0) is 49.5 Å². The molecule has 1 spiro atoms. The van der Waals surface area contributed by atoms with Gasteiger partial charge in [-0.3, -0.25) is 14.4 Å². The van der Waals surface area contributed by atoms with Crippen molar-refractivity contribution in [3.63, 3.8) is 0 Å². The average Bonchev–Trinajstić information content (AvgIpc) is 3.55. The summed E-state index contributed by atoms with van der Waals surface area (Å²) in [5.41, 5.74) is -0.596. The molecule has 2 saturated heterocycles. The maximum Gasteiger partial charge on any atom is 0.246 e. The summed E-state index contributed by atoms with van der Waals surface area (Å²) in [5.74, 6) is -1.29. The molecule has 0 radical (unpaired) electrons. The fourth-order valence-corrected chi connectivity index (χ4v) is 7.33. The molecule has 1 aromatic rings. The van der Waals surface area contributed by atoms with Crippen LogP contribution in [-0.2, 0) is 19.1 Å². The van der Waals surface area contributed by atoms with Crippen molar-refractivity contribution in [3.05, 3.63) is 41.4 Å². The molecule has 2 N–H and O–H groups in total. The molecule has 3 heterocycles. The van der Waals surface area contributed by atoms with Crippen molar-refractivity contribution in [2.45, 2.75) is 70.7 Å². The Morgan fingerprint density at radius 1 is 1.18 bits per heavy atom. The number of carbonyl (C=O) groups is 3. The molecule has 4 aliphatic rings. The Hall–Kier alpha value is -2.42. The van der Waals surface area contributed by atoms with Crippen molar-refractivity contribution < 1.29 is 19.1 Å². The molecule has 0 unspecified atom stereocenters. The van der Waals surface area contributed by atoms with Gasteiger partial charge >= 0.3 is 0 Å². The number of benzene rings is 1. The Morgan fingerprint density at radius 3 is 2.67 bits per heavy atom. The van der Waals surface area contributed by atoms with Crippen molar-refractivity contribution in [1.29, 1.82) is 0 Å². The van der Waals surface area contributed by atoms with Gasteiger partial charge < -0.3 is 25.2 Å². The first-order valence-corrected chi connectivity index (χ1v) is 14.8. The number of hydrogen-bond acceptors (Lipinski definition) is 5. The van der Waals surface area contributed by atoms with E-state index in [0.717, 1.165) is 32.4 Å². The topological polar surface area (TPSA) is 91.0 Å². The molecule has 1 saturated carbocycles. The molecule has 3 fully saturated rings. The fraction of sp³-hybridized carbons (Fsp3) is 0.633. The number of nitrogens with one attached hydrogen (secondary N) is 2. The van der Waals surface area contributed by atoms with E-state index in [2.05, 4.69) is 43.2 Å². The van der Waals surface area contributed by atoms with E-state index in [4.69, 9.17) is 16.3 Å². The third kappa shape index (κ3) is 5.00. The number of carbonyl (C=O) groups excluding carboxylic acids is 3. The minimum absolute atomic E-state index is 0.0564. The first-order chi connectivity index (χ1) is 18.7. The summed E-state index contributed by atoms with van der Waals surface area (Å²) in [6, 6.07) is 6.18. The molecule has 9 heteroatoms. The molecule has 212 valence electrons. The van der Waals surface area contributed by atoms with E-state index in [0.29, 0.717) is 35.6 Å². The smallest absolute Gasteiger partial charge is 0.246 e. The van der Waals surface area contributed by atoms with Crippen LogP contribution in [-0.4, -0.2) is 77.5 Å².